The fourth-order valence-corrected chi connectivity index (χ4v) is 5.31. The molecular weight excluding hydrogens is 591 g/mol. The average Bonchev–Trinajstić information content (AvgIpc) is 3.55. The number of amides is 2. The van der Waals surface area contributed by atoms with Crippen LogP contribution in [0.4, 0.5) is 20.7 Å². The lowest BCUT2D eigenvalue weighted by Crippen LogP contribution is -2.44. The van der Waals surface area contributed by atoms with Gasteiger partial charge in [0, 0.05) is 42.9 Å². The third-order valence-corrected chi connectivity index (χ3v) is 7.71. The first-order chi connectivity index (χ1) is 21.2. The Hall–Kier alpha value is -3.88. The van der Waals surface area contributed by atoms with Crippen LogP contribution in [0.2, 0.25) is 5.02 Å². The molecule has 5 N–H and O–H groups in total. The summed E-state index contributed by atoms with van der Waals surface area (Å²) >= 11 is 6.10. The van der Waals surface area contributed by atoms with E-state index < -0.39 is 24.5 Å². The number of rotatable bonds is 12. The third-order valence-electron chi connectivity index (χ3n) is 7.47. The van der Waals surface area contributed by atoms with Gasteiger partial charge in [0.25, 0.3) is 0 Å². The second-order valence-corrected chi connectivity index (χ2v) is 11.3. The van der Waals surface area contributed by atoms with Gasteiger partial charge in [-0.25, -0.2) is 24.1 Å². The fraction of sp³-hybridized carbons (Fsp3) is 0.400. The first-order valence-corrected chi connectivity index (χ1v) is 14.8. The SMILES string of the molecule is CC(C)N(CCCNC(=O)Nc1ccc(F)cc1)C[C@H]1O[C@@H](n2cnc3c(NCc4cccc(Cl)c4)ncnc32)[C@H](O)[C@@H]1O. The topological polar surface area (TPSA) is 150 Å². The number of carbonyl (C=O) groups is 1. The molecule has 12 nitrogen and oxygen atoms in total. The molecule has 1 aliphatic heterocycles. The van der Waals surface area contributed by atoms with Crippen molar-refractivity contribution < 1.29 is 24.1 Å². The summed E-state index contributed by atoms with van der Waals surface area (Å²) in [5, 5.41) is 31.3. The highest BCUT2D eigenvalue weighted by atomic mass is 35.5. The Morgan fingerprint density at radius 3 is 2.68 bits per heavy atom. The van der Waals surface area contributed by atoms with E-state index in [1.807, 2.05) is 38.1 Å². The Morgan fingerprint density at radius 2 is 1.93 bits per heavy atom. The minimum absolute atomic E-state index is 0.116. The van der Waals surface area contributed by atoms with Gasteiger partial charge in [0.1, 0.15) is 30.5 Å². The van der Waals surface area contributed by atoms with Crippen LogP contribution in [0.3, 0.4) is 0 Å². The highest BCUT2D eigenvalue weighted by molar-refractivity contribution is 6.30. The van der Waals surface area contributed by atoms with E-state index in [0.717, 1.165) is 5.56 Å². The molecule has 0 spiro atoms. The number of aromatic nitrogens is 4. The number of ether oxygens (including phenoxy) is 1. The molecule has 2 amide bonds. The number of anilines is 2. The fourth-order valence-electron chi connectivity index (χ4n) is 5.09. The van der Waals surface area contributed by atoms with E-state index in [2.05, 4.69) is 35.8 Å². The van der Waals surface area contributed by atoms with Crippen LogP contribution in [0.15, 0.2) is 61.2 Å². The lowest BCUT2D eigenvalue weighted by Gasteiger charge is -2.30. The minimum atomic E-state index is -1.21. The second-order valence-electron chi connectivity index (χ2n) is 10.9. The number of imidazole rings is 1. The van der Waals surface area contributed by atoms with Crippen LogP contribution in [-0.4, -0.2) is 84.7 Å². The van der Waals surface area contributed by atoms with Crippen molar-refractivity contribution in [2.75, 3.05) is 30.3 Å². The van der Waals surface area contributed by atoms with E-state index >= 15 is 0 Å². The zero-order chi connectivity index (χ0) is 31.2. The van der Waals surface area contributed by atoms with Crippen molar-refractivity contribution in [3.8, 4) is 0 Å². The van der Waals surface area contributed by atoms with Crippen LogP contribution in [0, 0.1) is 5.82 Å². The number of nitrogens with one attached hydrogen (secondary N) is 3. The van der Waals surface area contributed by atoms with Gasteiger partial charge in [-0.3, -0.25) is 9.47 Å². The molecule has 14 heteroatoms. The molecule has 0 bridgehead atoms. The van der Waals surface area contributed by atoms with Gasteiger partial charge in [0.15, 0.2) is 23.2 Å². The molecule has 234 valence electrons. The number of hydrogen-bond acceptors (Lipinski definition) is 9. The molecule has 1 aliphatic rings. The molecule has 2 aromatic heterocycles. The van der Waals surface area contributed by atoms with Crippen LogP contribution in [0.1, 0.15) is 32.1 Å². The van der Waals surface area contributed by atoms with Crippen molar-refractivity contribution in [2.24, 2.45) is 0 Å². The molecule has 44 heavy (non-hydrogen) atoms. The maximum atomic E-state index is 13.1. The van der Waals surface area contributed by atoms with E-state index in [1.165, 1.54) is 36.9 Å². The summed E-state index contributed by atoms with van der Waals surface area (Å²) in [5.74, 6) is 0.142. The molecule has 0 unspecified atom stereocenters. The van der Waals surface area contributed by atoms with Crippen LogP contribution in [0.25, 0.3) is 11.2 Å². The van der Waals surface area contributed by atoms with Crippen LogP contribution >= 0.6 is 11.6 Å². The Morgan fingerprint density at radius 1 is 1.14 bits per heavy atom. The Bertz CT molecular complexity index is 1560. The molecule has 4 aromatic rings. The molecular formula is C30H36ClFN8O4. The van der Waals surface area contributed by atoms with Crippen molar-refractivity contribution in [1.82, 2.24) is 29.7 Å². The highest BCUT2D eigenvalue weighted by Crippen LogP contribution is 2.33. The van der Waals surface area contributed by atoms with Crippen LogP contribution < -0.4 is 16.0 Å². The van der Waals surface area contributed by atoms with Gasteiger partial charge < -0.3 is 30.9 Å². The highest BCUT2D eigenvalue weighted by Gasteiger charge is 2.45. The van der Waals surface area contributed by atoms with Gasteiger partial charge >= 0.3 is 6.03 Å². The summed E-state index contributed by atoms with van der Waals surface area (Å²) < 4.78 is 20.9. The summed E-state index contributed by atoms with van der Waals surface area (Å²) in [5.41, 5.74) is 2.43. The molecule has 5 rings (SSSR count). The number of hydrogen-bond donors (Lipinski definition) is 5. The summed E-state index contributed by atoms with van der Waals surface area (Å²) in [6, 6.07) is 12.8. The van der Waals surface area contributed by atoms with Gasteiger partial charge in [-0.1, -0.05) is 23.7 Å². The summed E-state index contributed by atoms with van der Waals surface area (Å²) in [6.45, 7) is 5.92. The number of nitrogens with zero attached hydrogens (tertiary/aromatic N) is 5. The monoisotopic (exact) mass is 626 g/mol. The van der Waals surface area contributed by atoms with Gasteiger partial charge in [-0.15, -0.1) is 0 Å². The predicted molar refractivity (Wildman–Crippen MR) is 165 cm³/mol. The van der Waals surface area contributed by atoms with Crippen molar-refractivity contribution in [2.45, 2.75) is 57.4 Å². The number of aliphatic hydroxyl groups excluding tert-OH is 2. The molecule has 3 heterocycles. The zero-order valence-corrected chi connectivity index (χ0v) is 25.2. The quantitative estimate of drug-likeness (QED) is 0.148. The number of fused-ring (bicyclic) bond motifs is 1. The third kappa shape index (κ3) is 7.60. The molecule has 1 fully saturated rings. The van der Waals surface area contributed by atoms with E-state index in [4.69, 9.17) is 16.3 Å². The predicted octanol–water partition coefficient (Wildman–Crippen LogP) is 3.77. The van der Waals surface area contributed by atoms with Gasteiger partial charge in [-0.2, -0.15) is 0 Å². The van der Waals surface area contributed by atoms with Gasteiger partial charge in [0.05, 0.1) is 6.33 Å². The maximum absolute atomic E-state index is 13.1. The van der Waals surface area contributed by atoms with Crippen molar-refractivity contribution in [1.29, 1.82) is 0 Å². The largest absolute Gasteiger partial charge is 0.387 e. The Balaban J connectivity index is 1.17. The molecule has 0 aliphatic carbocycles. The van der Waals surface area contributed by atoms with Crippen molar-refractivity contribution in [3.05, 3.63) is 77.6 Å². The summed E-state index contributed by atoms with van der Waals surface area (Å²) in [6.07, 6.45) is -0.354. The van der Waals surface area contributed by atoms with E-state index in [9.17, 15) is 19.4 Å². The Kier molecular flexibility index (Phi) is 10.2. The number of carbonyl (C=O) groups excluding carboxylic acids is 1. The molecule has 2 aromatic carbocycles. The normalized spacial score (nSPS) is 20.0. The van der Waals surface area contributed by atoms with E-state index in [-0.39, 0.29) is 17.9 Å². The second kappa shape index (κ2) is 14.3. The van der Waals surface area contributed by atoms with Crippen LogP contribution in [0.5, 0.6) is 0 Å². The van der Waals surface area contributed by atoms with Crippen LogP contribution in [-0.2, 0) is 11.3 Å². The molecule has 0 radical (unpaired) electrons. The van der Waals surface area contributed by atoms with Gasteiger partial charge in [0.2, 0.25) is 0 Å². The molecule has 0 saturated carbocycles. The minimum Gasteiger partial charge on any atom is -0.387 e. The summed E-state index contributed by atoms with van der Waals surface area (Å²) in [7, 11) is 0. The molecule has 1 saturated heterocycles. The Labute approximate surface area is 259 Å². The van der Waals surface area contributed by atoms with Crippen molar-refractivity contribution >= 4 is 40.3 Å². The average molecular weight is 627 g/mol. The number of halogens is 2. The first-order valence-electron chi connectivity index (χ1n) is 14.4. The maximum Gasteiger partial charge on any atom is 0.319 e. The summed E-state index contributed by atoms with van der Waals surface area (Å²) in [4.78, 5) is 27.5. The number of urea groups is 1. The van der Waals surface area contributed by atoms with Crippen molar-refractivity contribution in [3.63, 3.8) is 0 Å². The number of benzene rings is 2. The zero-order valence-electron chi connectivity index (χ0n) is 24.4. The van der Waals surface area contributed by atoms with Gasteiger partial charge in [-0.05, 0) is 62.2 Å². The lowest BCUT2D eigenvalue weighted by molar-refractivity contribution is -0.0468. The van der Waals surface area contributed by atoms with E-state index in [1.54, 1.807) is 4.57 Å². The lowest BCUT2D eigenvalue weighted by atomic mass is 10.1. The number of aliphatic hydroxyl groups is 2. The first kappa shape index (κ1) is 31.5. The van der Waals surface area contributed by atoms with E-state index in [0.29, 0.717) is 60.3 Å². The standard InChI is InChI=1S/C30H36ClFN8O4/c1-18(2)39(12-4-11-33-30(43)38-22-9-7-21(32)8-10-22)15-23-25(41)26(42)29(44-23)40-17-37-24-27(35-16-36-28(24)40)34-14-19-5-3-6-20(31)13-19/h3,5-10,13,16-18,23,25-26,29,41-42H,4,11-12,14-15H2,1-2H3,(H2,33,38,43)(H,34,35,36)/t23-,25-,26-,29-/m1/s1. The molecule has 4 atom stereocenters. The smallest absolute Gasteiger partial charge is 0.319 e.